The Morgan fingerprint density at radius 2 is 0.580 bits per heavy atom. The summed E-state index contributed by atoms with van der Waals surface area (Å²) in [4.78, 5) is 72.7. The number of phosphoric ester groups is 2. The van der Waals surface area contributed by atoms with Crippen molar-refractivity contribution in [2.75, 3.05) is 39.6 Å². The molecular formula is C81H134O17P2. The van der Waals surface area contributed by atoms with Gasteiger partial charge in [0, 0.05) is 19.3 Å². The Balaban J connectivity index is 5.45. The molecule has 0 bridgehead atoms. The van der Waals surface area contributed by atoms with Gasteiger partial charge in [-0.05, 0) is 116 Å². The molecule has 5 unspecified atom stereocenters. The molecule has 0 fully saturated rings. The maximum Gasteiger partial charge on any atom is 0.472 e. The Morgan fingerprint density at radius 3 is 0.930 bits per heavy atom. The summed E-state index contributed by atoms with van der Waals surface area (Å²) in [5, 5.41) is 10.6. The van der Waals surface area contributed by atoms with Gasteiger partial charge in [-0.25, -0.2) is 9.13 Å². The molecule has 0 aliphatic rings. The van der Waals surface area contributed by atoms with Crippen LogP contribution in [-0.4, -0.2) is 96.7 Å². The molecule has 0 saturated heterocycles. The first kappa shape index (κ1) is 94.9. The molecular weight excluding hydrogens is 1310 g/mol. The summed E-state index contributed by atoms with van der Waals surface area (Å²) < 4.78 is 68.2. The lowest BCUT2D eigenvalue weighted by molar-refractivity contribution is -0.161. The molecule has 19 heteroatoms. The van der Waals surface area contributed by atoms with Crippen LogP contribution in [0.2, 0.25) is 0 Å². The second-order valence-electron chi connectivity index (χ2n) is 24.8. The average Bonchev–Trinajstić information content (AvgIpc) is 0.953. The van der Waals surface area contributed by atoms with Crippen LogP contribution in [0.15, 0.2) is 146 Å². The van der Waals surface area contributed by atoms with E-state index in [9.17, 15) is 43.2 Å². The number of allylic oxidation sites excluding steroid dienone is 23. The van der Waals surface area contributed by atoms with E-state index in [0.29, 0.717) is 32.1 Å². The third kappa shape index (κ3) is 71.3. The van der Waals surface area contributed by atoms with Crippen molar-refractivity contribution in [3.8, 4) is 0 Å². The van der Waals surface area contributed by atoms with Crippen LogP contribution < -0.4 is 0 Å². The molecule has 17 nitrogen and oxygen atoms in total. The minimum Gasteiger partial charge on any atom is -0.462 e. The van der Waals surface area contributed by atoms with Gasteiger partial charge in [-0.1, -0.05) is 289 Å². The van der Waals surface area contributed by atoms with Gasteiger partial charge in [0.05, 0.1) is 32.8 Å². The average molecular weight is 1440 g/mol. The molecule has 0 radical (unpaired) electrons. The molecule has 0 rings (SSSR count). The summed E-state index contributed by atoms with van der Waals surface area (Å²) >= 11 is 0. The molecule has 570 valence electrons. The van der Waals surface area contributed by atoms with Gasteiger partial charge in [0.15, 0.2) is 12.2 Å². The summed E-state index contributed by atoms with van der Waals surface area (Å²) in [6.45, 7) is 4.41. The number of aliphatic hydroxyl groups is 1. The minimum absolute atomic E-state index is 0.0323. The number of carbonyl (C=O) groups excluding carboxylic acids is 4. The van der Waals surface area contributed by atoms with Crippen molar-refractivity contribution in [3.63, 3.8) is 0 Å². The minimum atomic E-state index is -5.00. The highest BCUT2D eigenvalue weighted by molar-refractivity contribution is 7.47. The fourth-order valence-corrected chi connectivity index (χ4v) is 11.2. The summed E-state index contributed by atoms with van der Waals surface area (Å²) in [6, 6.07) is 0. The van der Waals surface area contributed by atoms with Crippen molar-refractivity contribution in [3.05, 3.63) is 146 Å². The lowest BCUT2D eigenvalue weighted by Gasteiger charge is -2.21. The summed E-state index contributed by atoms with van der Waals surface area (Å²) in [5.74, 6) is -2.43. The van der Waals surface area contributed by atoms with E-state index in [1.54, 1.807) is 6.08 Å². The Morgan fingerprint density at radius 1 is 0.300 bits per heavy atom. The monoisotopic (exact) mass is 1440 g/mol. The highest BCUT2D eigenvalue weighted by atomic mass is 31.2. The second kappa shape index (κ2) is 72.3. The molecule has 0 amide bonds. The molecule has 0 spiro atoms. The molecule has 0 saturated carbocycles. The van der Waals surface area contributed by atoms with Crippen LogP contribution >= 0.6 is 15.6 Å². The lowest BCUT2D eigenvalue weighted by Crippen LogP contribution is -2.30. The lowest BCUT2D eigenvalue weighted by atomic mass is 10.1. The Hall–Kier alpha value is -5.06. The van der Waals surface area contributed by atoms with E-state index < -0.39 is 97.5 Å². The summed E-state index contributed by atoms with van der Waals surface area (Å²) in [5.41, 5.74) is 0. The van der Waals surface area contributed by atoms with E-state index in [0.717, 1.165) is 122 Å². The number of aliphatic hydroxyl groups excluding tert-OH is 1. The maximum absolute atomic E-state index is 13.1. The first-order chi connectivity index (χ1) is 48.7. The Bertz CT molecular complexity index is 2470. The number of phosphoric acid groups is 2. The predicted molar refractivity (Wildman–Crippen MR) is 408 cm³/mol. The van der Waals surface area contributed by atoms with Crippen molar-refractivity contribution in [2.24, 2.45) is 0 Å². The quantitative estimate of drug-likeness (QED) is 0.0169. The number of rotatable bonds is 70. The third-order valence-corrected chi connectivity index (χ3v) is 17.2. The smallest absolute Gasteiger partial charge is 0.462 e. The largest absolute Gasteiger partial charge is 0.472 e. The zero-order valence-electron chi connectivity index (χ0n) is 62.1. The number of ether oxygens (including phenoxy) is 4. The highest BCUT2D eigenvalue weighted by Crippen LogP contribution is 2.45. The van der Waals surface area contributed by atoms with Gasteiger partial charge in [0.1, 0.15) is 19.3 Å². The van der Waals surface area contributed by atoms with Crippen molar-refractivity contribution in [1.82, 2.24) is 0 Å². The van der Waals surface area contributed by atoms with Crippen molar-refractivity contribution < 1.29 is 80.2 Å². The zero-order chi connectivity index (χ0) is 73.2. The van der Waals surface area contributed by atoms with Gasteiger partial charge in [0.2, 0.25) is 0 Å². The normalized spacial score (nSPS) is 14.8. The molecule has 0 aliphatic heterocycles. The Kier molecular flexibility index (Phi) is 68.6. The number of hydrogen-bond acceptors (Lipinski definition) is 15. The number of hydrogen-bond donors (Lipinski definition) is 3. The van der Waals surface area contributed by atoms with Gasteiger partial charge in [0.25, 0.3) is 0 Å². The summed E-state index contributed by atoms with van der Waals surface area (Å²) in [6.07, 6.45) is 81.8. The topological polar surface area (TPSA) is 237 Å². The third-order valence-electron chi connectivity index (χ3n) is 15.3. The second-order valence-corrected chi connectivity index (χ2v) is 27.8. The number of unbranched alkanes of at least 4 members (excludes halogenated alkanes) is 21. The van der Waals surface area contributed by atoms with Crippen LogP contribution in [-0.2, 0) is 65.4 Å². The maximum atomic E-state index is 13.1. The molecule has 0 aromatic heterocycles. The zero-order valence-corrected chi connectivity index (χ0v) is 63.9. The fraction of sp³-hybridized carbons (Fsp3) is 0.654. The molecule has 0 aliphatic carbocycles. The van der Waals surface area contributed by atoms with Crippen LogP contribution in [0.4, 0.5) is 0 Å². The van der Waals surface area contributed by atoms with Crippen molar-refractivity contribution in [1.29, 1.82) is 0 Å². The first-order valence-corrected chi connectivity index (χ1v) is 41.1. The van der Waals surface area contributed by atoms with Crippen LogP contribution in [0, 0.1) is 0 Å². The van der Waals surface area contributed by atoms with E-state index in [-0.39, 0.29) is 25.7 Å². The SMILES string of the molecule is CC/C=C\C/C=C\C/C=C\C/C=C\C/C=C\C/C=C\CCC(=O)OCC(COP(=O)(O)OCC(O)COP(=O)(O)OCC(COC(=O)C/C=C\C/C=C\C/C=C\C/C=C\C/C=C\CC)OC(=O)CCCCCCC/C=C\CCCCCCCC)OC(=O)CCCCCCCCCCCCC. The number of carbonyl (C=O) groups is 4. The van der Waals surface area contributed by atoms with Gasteiger partial charge >= 0.3 is 39.5 Å². The van der Waals surface area contributed by atoms with Gasteiger partial charge in [-0.2, -0.15) is 0 Å². The fourth-order valence-electron chi connectivity index (χ4n) is 9.61. The Labute approximate surface area is 605 Å². The molecule has 5 atom stereocenters. The van der Waals surface area contributed by atoms with Gasteiger partial charge in [-0.3, -0.25) is 37.3 Å². The van der Waals surface area contributed by atoms with Crippen LogP contribution in [0.1, 0.15) is 285 Å². The molecule has 0 heterocycles. The van der Waals surface area contributed by atoms with Crippen molar-refractivity contribution >= 4 is 39.5 Å². The van der Waals surface area contributed by atoms with Crippen LogP contribution in [0.25, 0.3) is 0 Å². The first-order valence-electron chi connectivity index (χ1n) is 38.1. The molecule has 0 aromatic carbocycles. The van der Waals surface area contributed by atoms with Crippen LogP contribution in [0.3, 0.4) is 0 Å². The summed E-state index contributed by atoms with van der Waals surface area (Å²) in [7, 11) is -10.00. The van der Waals surface area contributed by atoms with E-state index in [4.69, 9.17) is 37.0 Å². The number of esters is 4. The van der Waals surface area contributed by atoms with E-state index in [2.05, 4.69) is 131 Å². The molecule has 3 N–H and O–H groups in total. The van der Waals surface area contributed by atoms with Crippen molar-refractivity contribution in [2.45, 2.75) is 303 Å². The molecule has 100 heavy (non-hydrogen) atoms. The van der Waals surface area contributed by atoms with Gasteiger partial charge in [-0.15, -0.1) is 0 Å². The standard InChI is InChI=1S/C81H134O17P2/c1-5-9-13-17-21-25-29-32-35-36-37-38-41-43-47-50-54-58-62-66-79(84)91-71-76(97-80(85)67-63-59-55-51-45-28-24-20-16-12-8-4)73-95-99(87,88)93-69-75(82)70-94-100(89,90)96-74-77(98-81(86)68-64-60-56-52-48-44-40-34-31-27-23-19-15-11-7-3)72-92-78(83)65-61-57-53-49-46-42-39-33-30-26-22-18-14-10-6-2/h9-10,13-14,21-22,25-26,32-35,37-40,43,46-47,49,54,57-58,61,75-77,82H,5-8,11-12,15-20,23-24,27-31,36,41-42,44-45,48,50-53,55-56,59-60,62-74H2,1-4H3,(H,87,88)(H,89,90)/b13-9-,14-10-,25-21-,26-22-,35-32-,38-37-,39-33-,40-34-,47-43-,49-46-,58-54-,61-57-. The predicted octanol–water partition coefficient (Wildman–Crippen LogP) is 21.9. The van der Waals surface area contributed by atoms with E-state index >= 15 is 0 Å². The van der Waals surface area contributed by atoms with E-state index in [1.807, 2.05) is 36.5 Å². The van der Waals surface area contributed by atoms with E-state index in [1.165, 1.54) is 77.0 Å². The highest BCUT2D eigenvalue weighted by Gasteiger charge is 2.30. The van der Waals surface area contributed by atoms with Crippen LogP contribution in [0.5, 0.6) is 0 Å². The molecule has 0 aromatic rings. The van der Waals surface area contributed by atoms with Gasteiger partial charge < -0.3 is 33.8 Å².